The quantitative estimate of drug-likeness (QED) is 0.640. The highest BCUT2D eigenvalue weighted by Gasteiger charge is 2.54. The fourth-order valence-corrected chi connectivity index (χ4v) is 5.64. The van der Waals surface area contributed by atoms with Crippen molar-refractivity contribution in [3.63, 3.8) is 0 Å². The normalized spacial score (nSPS) is 33.5. The van der Waals surface area contributed by atoms with Crippen LogP contribution in [0.25, 0.3) is 0 Å². The van der Waals surface area contributed by atoms with Gasteiger partial charge in [0.15, 0.2) is 24.8 Å². The van der Waals surface area contributed by atoms with Crippen molar-refractivity contribution < 1.29 is 28.5 Å². The molecule has 36 heavy (non-hydrogen) atoms. The van der Waals surface area contributed by atoms with E-state index in [9.17, 15) is 9.59 Å². The first-order valence-electron chi connectivity index (χ1n) is 12.5. The predicted octanol–water partition coefficient (Wildman–Crippen LogP) is 0.922. The van der Waals surface area contributed by atoms with Crippen molar-refractivity contribution in [2.45, 2.75) is 56.0 Å². The molecule has 2 amide bonds. The molecular formula is C27H31N3O6. The molecule has 4 saturated heterocycles. The van der Waals surface area contributed by atoms with Crippen LogP contribution in [0, 0.1) is 0 Å². The zero-order chi connectivity index (χ0) is 24.6. The average Bonchev–Trinajstić information content (AvgIpc) is 3.42. The number of benzene rings is 2. The number of carbonyl (C=O) groups is 2. The number of nitrogens with one attached hydrogen (secondary N) is 1. The molecule has 4 fully saturated rings. The Labute approximate surface area is 210 Å². The number of hydrogen-bond donors (Lipinski definition) is 1. The highest BCUT2D eigenvalue weighted by atomic mass is 16.7. The Morgan fingerprint density at radius 3 is 2.25 bits per heavy atom. The number of amides is 2. The van der Waals surface area contributed by atoms with Crippen molar-refractivity contribution in [3.8, 4) is 0 Å². The lowest BCUT2D eigenvalue weighted by atomic mass is 10.0. The molecular weight excluding hydrogens is 462 g/mol. The maximum absolute atomic E-state index is 13.6. The van der Waals surface area contributed by atoms with Crippen molar-refractivity contribution in [2.75, 3.05) is 26.7 Å². The standard InChI is InChI=1S/C27H31N3O6/c1-28-25(31)23-20-15-30(16-22(33-20)35-23)26(32)24-21-14-29(13-18-10-6-3-7-11-18)19(27(34-21)36-24)12-17-8-4-2-5-9-17/h2-11,19-24,27H,12-16H2,1H3,(H,28,31)/t19?,20-,21-,22-,23-,24-,27-/m1/s1. The SMILES string of the molecule is CNC(=O)[C@@H]1O[C@@H]2CN(C(=O)[C@@H]3O[C@H]4O[C@@H]3CN(Cc3ccccc3)C4Cc3ccccc3)C[C@H]1O2. The van der Waals surface area contributed by atoms with Crippen molar-refractivity contribution >= 4 is 11.8 Å². The van der Waals surface area contributed by atoms with Gasteiger partial charge in [0, 0.05) is 20.1 Å². The minimum Gasteiger partial charge on any atom is -0.357 e. The summed E-state index contributed by atoms with van der Waals surface area (Å²) < 4.78 is 24.1. The number of likely N-dealkylation sites (N-methyl/N-ethyl adjacent to an activating group) is 1. The average molecular weight is 494 g/mol. The Bertz CT molecular complexity index is 1090. The number of fused-ring (bicyclic) bond motifs is 4. The molecule has 0 aromatic heterocycles. The van der Waals surface area contributed by atoms with Gasteiger partial charge in [-0.1, -0.05) is 60.7 Å². The van der Waals surface area contributed by atoms with E-state index >= 15 is 0 Å². The summed E-state index contributed by atoms with van der Waals surface area (Å²) in [6.07, 6.45) is -2.63. The molecule has 0 radical (unpaired) electrons. The zero-order valence-electron chi connectivity index (χ0n) is 20.2. The number of ether oxygens (including phenoxy) is 4. The van der Waals surface area contributed by atoms with Crippen LogP contribution < -0.4 is 5.32 Å². The molecule has 6 rings (SSSR count). The third-order valence-corrected chi connectivity index (χ3v) is 7.43. The third-order valence-electron chi connectivity index (χ3n) is 7.43. The summed E-state index contributed by atoms with van der Waals surface area (Å²) in [5, 5.41) is 2.60. The number of rotatable bonds is 6. The van der Waals surface area contributed by atoms with Crippen LogP contribution in [0.3, 0.4) is 0 Å². The topological polar surface area (TPSA) is 89.6 Å². The Kier molecular flexibility index (Phi) is 6.49. The summed E-state index contributed by atoms with van der Waals surface area (Å²) in [6.45, 7) is 1.89. The highest BCUT2D eigenvalue weighted by Crippen LogP contribution is 2.35. The Balaban J connectivity index is 1.19. The highest BCUT2D eigenvalue weighted by molar-refractivity contribution is 5.84. The molecule has 2 aromatic carbocycles. The summed E-state index contributed by atoms with van der Waals surface area (Å²) in [5.41, 5.74) is 2.41. The second-order valence-electron chi connectivity index (χ2n) is 9.79. The first kappa shape index (κ1) is 23.6. The van der Waals surface area contributed by atoms with Crippen molar-refractivity contribution in [1.29, 1.82) is 0 Å². The molecule has 4 heterocycles. The molecule has 1 unspecified atom stereocenters. The molecule has 4 aliphatic heterocycles. The maximum atomic E-state index is 13.6. The molecule has 9 heteroatoms. The predicted molar refractivity (Wildman–Crippen MR) is 129 cm³/mol. The van der Waals surface area contributed by atoms with Gasteiger partial charge in [0.1, 0.15) is 12.2 Å². The van der Waals surface area contributed by atoms with Gasteiger partial charge in [0.25, 0.3) is 11.8 Å². The zero-order valence-corrected chi connectivity index (χ0v) is 20.2. The second-order valence-corrected chi connectivity index (χ2v) is 9.79. The van der Waals surface area contributed by atoms with Crippen LogP contribution in [0.15, 0.2) is 60.7 Å². The second kappa shape index (κ2) is 9.91. The lowest BCUT2D eigenvalue weighted by Gasteiger charge is -2.39. The van der Waals surface area contributed by atoms with Gasteiger partial charge in [-0.2, -0.15) is 0 Å². The number of hydrogen-bond acceptors (Lipinski definition) is 7. The molecule has 0 spiro atoms. The van der Waals surface area contributed by atoms with Gasteiger partial charge in [-0.05, 0) is 17.5 Å². The largest absolute Gasteiger partial charge is 0.357 e. The summed E-state index contributed by atoms with van der Waals surface area (Å²) in [4.78, 5) is 29.8. The molecule has 7 atom stereocenters. The van der Waals surface area contributed by atoms with Crippen LogP contribution in [0.2, 0.25) is 0 Å². The van der Waals surface area contributed by atoms with Gasteiger partial charge in [0.05, 0.1) is 19.1 Å². The lowest BCUT2D eigenvalue weighted by molar-refractivity contribution is -0.164. The summed E-state index contributed by atoms with van der Waals surface area (Å²) in [7, 11) is 1.56. The van der Waals surface area contributed by atoms with E-state index in [2.05, 4.69) is 34.5 Å². The Hall–Kier alpha value is -2.82. The molecule has 190 valence electrons. The van der Waals surface area contributed by atoms with Crippen LogP contribution in [0.1, 0.15) is 11.1 Å². The van der Waals surface area contributed by atoms with Crippen LogP contribution in [0.4, 0.5) is 0 Å². The molecule has 2 aromatic rings. The van der Waals surface area contributed by atoms with E-state index in [-0.39, 0.29) is 37.0 Å². The molecule has 9 nitrogen and oxygen atoms in total. The van der Waals surface area contributed by atoms with Crippen molar-refractivity contribution in [3.05, 3.63) is 71.8 Å². The Morgan fingerprint density at radius 1 is 0.833 bits per heavy atom. The van der Waals surface area contributed by atoms with Gasteiger partial charge in [-0.15, -0.1) is 0 Å². The van der Waals surface area contributed by atoms with Crippen LogP contribution in [0.5, 0.6) is 0 Å². The van der Waals surface area contributed by atoms with Crippen LogP contribution in [-0.2, 0) is 41.5 Å². The third kappa shape index (κ3) is 4.53. The fourth-order valence-electron chi connectivity index (χ4n) is 5.64. The number of morpholine rings is 2. The van der Waals surface area contributed by atoms with Crippen molar-refractivity contribution in [1.82, 2.24) is 15.1 Å². The molecule has 4 bridgehead atoms. The fraction of sp³-hybridized carbons (Fsp3) is 0.481. The van der Waals surface area contributed by atoms with Crippen LogP contribution in [-0.4, -0.2) is 91.3 Å². The number of carbonyl (C=O) groups excluding carboxylic acids is 2. The minimum atomic E-state index is -0.714. The number of nitrogens with zero attached hydrogens (tertiary/aromatic N) is 2. The summed E-state index contributed by atoms with van der Waals surface area (Å²) >= 11 is 0. The van der Waals surface area contributed by atoms with Gasteiger partial charge in [-0.25, -0.2) is 0 Å². The molecule has 0 aliphatic carbocycles. The molecule has 4 aliphatic rings. The minimum absolute atomic E-state index is 0.0245. The van der Waals surface area contributed by atoms with Gasteiger partial charge < -0.3 is 29.2 Å². The van der Waals surface area contributed by atoms with E-state index < -0.39 is 30.9 Å². The van der Waals surface area contributed by atoms with Crippen molar-refractivity contribution in [2.24, 2.45) is 0 Å². The van der Waals surface area contributed by atoms with E-state index in [1.165, 1.54) is 11.1 Å². The Morgan fingerprint density at radius 2 is 1.53 bits per heavy atom. The smallest absolute Gasteiger partial charge is 0.254 e. The van der Waals surface area contributed by atoms with Gasteiger partial charge in [-0.3, -0.25) is 14.5 Å². The van der Waals surface area contributed by atoms with E-state index in [1.54, 1.807) is 11.9 Å². The monoisotopic (exact) mass is 493 g/mol. The van der Waals surface area contributed by atoms with Gasteiger partial charge in [0.2, 0.25) is 0 Å². The first-order chi connectivity index (χ1) is 17.6. The van der Waals surface area contributed by atoms with Crippen LogP contribution >= 0.6 is 0 Å². The van der Waals surface area contributed by atoms with Gasteiger partial charge >= 0.3 is 0 Å². The maximum Gasteiger partial charge on any atom is 0.254 e. The van der Waals surface area contributed by atoms with E-state index in [0.717, 1.165) is 13.0 Å². The summed E-state index contributed by atoms with van der Waals surface area (Å²) in [6, 6.07) is 20.6. The first-order valence-corrected chi connectivity index (χ1v) is 12.5. The van der Waals surface area contributed by atoms with E-state index in [1.807, 2.05) is 36.4 Å². The lowest BCUT2D eigenvalue weighted by Crippen LogP contribution is -2.55. The molecule has 1 N–H and O–H groups in total. The van der Waals surface area contributed by atoms with E-state index in [4.69, 9.17) is 18.9 Å². The molecule has 0 saturated carbocycles. The summed E-state index contributed by atoms with van der Waals surface area (Å²) in [5.74, 6) is -0.379. The van der Waals surface area contributed by atoms with E-state index in [0.29, 0.717) is 6.54 Å².